The fraction of sp³-hybridized carbons (Fsp3) is 0.250. The lowest BCUT2D eigenvalue weighted by Gasteiger charge is -2.19. The Morgan fingerprint density at radius 3 is 2.40 bits per heavy atom. The number of pyridine rings is 1. The fourth-order valence-corrected chi connectivity index (χ4v) is 3.24. The van der Waals surface area contributed by atoms with Crippen LogP contribution in [0.1, 0.15) is 42.4 Å². The number of nitrogens with zero attached hydrogens (tertiary/aromatic N) is 2. The van der Waals surface area contributed by atoms with Gasteiger partial charge in [0.25, 0.3) is 5.91 Å². The molecule has 5 heteroatoms. The summed E-state index contributed by atoms with van der Waals surface area (Å²) in [6, 6.07) is 11.6. The van der Waals surface area contributed by atoms with E-state index < -0.39 is 0 Å². The van der Waals surface area contributed by atoms with Crippen LogP contribution in [-0.4, -0.2) is 15.9 Å². The van der Waals surface area contributed by atoms with Crippen LogP contribution in [0.4, 0.5) is 0 Å². The van der Waals surface area contributed by atoms with Crippen LogP contribution in [0.15, 0.2) is 54.2 Å². The van der Waals surface area contributed by atoms with Gasteiger partial charge in [0.15, 0.2) is 0 Å². The van der Waals surface area contributed by atoms with Crippen molar-refractivity contribution in [2.75, 3.05) is 0 Å². The Labute approximate surface area is 152 Å². The van der Waals surface area contributed by atoms with E-state index in [2.05, 4.69) is 36.1 Å². The molecule has 128 valence electrons. The zero-order valence-electron chi connectivity index (χ0n) is 14.6. The largest absolute Gasteiger partial charge is 0.346 e. The van der Waals surface area contributed by atoms with Crippen molar-refractivity contribution in [3.8, 4) is 10.6 Å². The maximum atomic E-state index is 12.3. The average molecular weight is 351 g/mol. The van der Waals surface area contributed by atoms with E-state index >= 15 is 0 Å². The number of rotatable bonds is 4. The van der Waals surface area contributed by atoms with Crippen LogP contribution in [-0.2, 0) is 12.0 Å². The van der Waals surface area contributed by atoms with Gasteiger partial charge in [0.05, 0.1) is 12.2 Å². The van der Waals surface area contributed by atoms with Crippen molar-refractivity contribution in [1.29, 1.82) is 0 Å². The molecule has 0 saturated heterocycles. The predicted octanol–water partition coefficient (Wildman–Crippen LogP) is 4.43. The standard InChI is InChI=1S/C20H21N3OS/c1-20(2,3)16-6-4-14(5-7-16)18(24)22-12-17-13-25-19(23-17)15-8-10-21-11-9-15/h4-11,13H,12H2,1-3H3,(H,22,24). The van der Waals surface area contributed by atoms with Gasteiger partial charge in [-0.25, -0.2) is 4.98 Å². The van der Waals surface area contributed by atoms with E-state index in [9.17, 15) is 4.79 Å². The lowest BCUT2D eigenvalue weighted by Crippen LogP contribution is -2.23. The fourth-order valence-electron chi connectivity index (χ4n) is 2.41. The lowest BCUT2D eigenvalue weighted by atomic mass is 9.87. The Bertz CT molecular complexity index is 849. The van der Waals surface area contributed by atoms with Crippen molar-refractivity contribution in [3.05, 3.63) is 71.0 Å². The van der Waals surface area contributed by atoms with Gasteiger partial charge in [0, 0.05) is 28.9 Å². The molecule has 0 radical (unpaired) electrons. The minimum Gasteiger partial charge on any atom is -0.346 e. The number of amides is 1. The average Bonchev–Trinajstić information content (AvgIpc) is 3.09. The molecule has 3 aromatic rings. The Balaban J connectivity index is 1.62. The number of hydrogen-bond donors (Lipinski definition) is 1. The van der Waals surface area contributed by atoms with E-state index in [1.807, 2.05) is 41.8 Å². The Kier molecular flexibility index (Phi) is 4.95. The van der Waals surface area contributed by atoms with Crippen molar-refractivity contribution < 1.29 is 4.79 Å². The molecule has 0 aliphatic heterocycles. The molecule has 0 atom stereocenters. The number of thiazole rings is 1. The summed E-state index contributed by atoms with van der Waals surface area (Å²) in [6.45, 7) is 6.89. The summed E-state index contributed by atoms with van der Waals surface area (Å²) < 4.78 is 0. The van der Waals surface area contributed by atoms with Gasteiger partial charge in [0.1, 0.15) is 5.01 Å². The van der Waals surface area contributed by atoms with Crippen molar-refractivity contribution in [2.24, 2.45) is 0 Å². The third-order valence-electron chi connectivity index (χ3n) is 3.92. The molecule has 0 bridgehead atoms. The first-order valence-electron chi connectivity index (χ1n) is 8.17. The first-order chi connectivity index (χ1) is 11.9. The second-order valence-electron chi connectivity index (χ2n) is 6.89. The van der Waals surface area contributed by atoms with Crippen LogP contribution in [0, 0.1) is 0 Å². The Morgan fingerprint density at radius 1 is 1.08 bits per heavy atom. The van der Waals surface area contributed by atoms with Crippen molar-refractivity contribution >= 4 is 17.2 Å². The molecule has 1 aromatic carbocycles. The summed E-state index contributed by atoms with van der Waals surface area (Å²) in [7, 11) is 0. The third-order valence-corrected chi connectivity index (χ3v) is 4.86. The normalized spacial score (nSPS) is 11.3. The minimum absolute atomic E-state index is 0.0823. The minimum atomic E-state index is -0.0843. The van der Waals surface area contributed by atoms with E-state index in [-0.39, 0.29) is 11.3 Å². The van der Waals surface area contributed by atoms with Crippen molar-refractivity contribution in [3.63, 3.8) is 0 Å². The summed E-state index contributed by atoms with van der Waals surface area (Å²) in [4.78, 5) is 20.9. The van der Waals surface area contributed by atoms with E-state index in [0.29, 0.717) is 12.1 Å². The van der Waals surface area contributed by atoms with Gasteiger partial charge in [-0.05, 0) is 35.2 Å². The van der Waals surface area contributed by atoms with Crippen molar-refractivity contribution in [1.82, 2.24) is 15.3 Å². The molecule has 25 heavy (non-hydrogen) atoms. The topological polar surface area (TPSA) is 54.9 Å². The Morgan fingerprint density at radius 2 is 1.76 bits per heavy atom. The number of nitrogens with one attached hydrogen (secondary N) is 1. The molecular weight excluding hydrogens is 330 g/mol. The van der Waals surface area contributed by atoms with Gasteiger partial charge in [-0.15, -0.1) is 11.3 Å². The summed E-state index contributed by atoms with van der Waals surface area (Å²) in [5, 5.41) is 5.83. The quantitative estimate of drug-likeness (QED) is 0.756. The van der Waals surface area contributed by atoms with Crippen LogP contribution >= 0.6 is 11.3 Å². The number of aromatic nitrogens is 2. The first-order valence-corrected chi connectivity index (χ1v) is 9.05. The number of carbonyl (C=O) groups excluding carboxylic acids is 1. The zero-order chi connectivity index (χ0) is 17.9. The highest BCUT2D eigenvalue weighted by Crippen LogP contribution is 2.23. The van der Waals surface area contributed by atoms with Gasteiger partial charge in [-0.1, -0.05) is 32.9 Å². The molecule has 4 nitrogen and oxygen atoms in total. The summed E-state index contributed by atoms with van der Waals surface area (Å²) in [5.41, 5.74) is 3.86. The molecule has 0 saturated carbocycles. The maximum absolute atomic E-state index is 12.3. The molecule has 1 amide bonds. The number of hydrogen-bond acceptors (Lipinski definition) is 4. The highest BCUT2D eigenvalue weighted by molar-refractivity contribution is 7.13. The van der Waals surface area contributed by atoms with E-state index in [0.717, 1.165) is 16.3 Å². The predicted molar refractivity (Wildman–Crippen MR) is 102 cm³/mol. The van der Waals surface area contributed by atoms with E-state index in [4.69, 9.17) is 0 Å². The molecule has 2 aromatic heterocycles. The highest BCUT2D eigenvalue weighted by atomic mass is 32.1. The van der Waals surface area contributed by atoms with Crippen LogP contribution in [0.3, 0.4) is 0 Å². The van der Waals surface area contributed by atoms with Gasteiger partial charge in [0.2, 0.25) is 0 Å². The summed E-state index contributed by atoms with van der Waals surface area (Å²) in [6.07, 6.45) is 3.50. The molecule has 0 fully saturated rings. The maximum Gasteiger partial charge on any atom is 0.251 e. The first kappa shape index (κ1) is 17.3. The molecule has 3 rings (SSSR count). The molecular formula is C20H21N3OS. The summed E-state index contributed by atoms with van der Waals surface area (Å²) >= 11 is 1.56. The van der Waals surface area contributed by atoms with Crippen LogP contribution in [0.2, 0.25) is 0 Å². The zero-order valence-corrected chi connectivity index (χ0v) is 15.4. The second kappa shape index (κ2) is 7.15. The molecule has 0 aliphatic rings. The Hall–Kier alpha value is -2.53. The second-order valence-corrected chi connectivity index (χ2v) is 7.75. The van der Waals surface area contributed by atoms with Crippen LogP contribution < -0.4 is 5.32 Å². The molecule has 0 spiro atoms. The SMILES string of the molecule is CC(C)(C)c1ccc(C(=O)NCc2csc(-c3ccncc3)n2)cc1. The van der Waals surface area contributed by atoms with Crippen LogP contribution in [0.5, 0.6) is 0 Å². The van der Waals surface area contributed by atoms with Gasteiger partial charge in [-0.2, -0.15) is 0 Å². The molecule has 1 N–H and O–H groups in total. The smallest absolute Gasteiger partial charge is 0.251 e. The van der Waals surface area contributed by atoms with E-state index in [1.165, 1.54) is 5.56 Å². The number of benzene rings is 1. The van der Waals surface area contributed by atoms with Gasteiger partial charge >= 0.3 is 0 Å². The van der Waals surface area contributed by atoms with Crippen molar-refractivity contribution in [2.45, 2.75) is 32.7 Å². The third kappa shape index (κ3) is 4.31. The van der Waals surface area contributed by atoms with Gasteiger partial charge < -0.3 is 5.32 Å². The van der Waals surface area contributed by atoms with Crippen LogP contribution in [0.25, 0.3) is 10.6 Å². The molecule has 0 aliphatic carbocycles. The summed E-state index contributed by atoms with van der Waals surface area (Å²) in [5.74, 6) is -0.0843. The molecule has 0 unspecified atom stereocenters. The number of carbonyl (C=O) groups is 1. The highest BCUT2D eigenvalue weighted by Gasteiger charge is 2.14. The molecule has 2 heterocycles. The lowest BCUT2D eigenvalue weighted by molar-refractivity contribution is 0.0950. The van der Waals surface area contributed by atoms with Gasteiger partial charge in [-0.3, -0.25) is 9.78 Å². The monoisotopic (exact) mass is 351 g/mol. The van der Waals surface area contributed by atoms with E-state index in [1.54, 1.807) is 23.7 Å².